The van der Waals surface area contributed by atoms with Gasteiger partial charge in [0.15, 0.2) is 0 Å². The molecule has 2 rings (SSSR count). The highest BCUT2D eigenvalue weighted by atomic mass is 35.5. The summed E-state index contributed by atoms with van der Waals surface area (Å²) < 4.78 is 27.1. The summed E-state index contributed by atoms with van der Waals surface area (Å²) in [6, 6.07) is 7.51. The lowest BCUT2D eigenvalue weighted by Gasteiger charge is -2.10. The van der Waals surface area contributed by atoms with Crippen LogP contribution >= 0.6 is 23.2 Å². The highest BCUT2D eigenvalue weighted by molar-refractivity contribution is 7.92. The Labute approximate surface area is 152 Å². The Morgan fingerprint density at radius 1 is 1.12 bits per heavy atom. The predicted molar refractivity (Wildman–Crippen MR) is 99.5 cm³/mol. The van der Waals surface area contributed by atoms with Crippen LogP contribution in [0.3, 0.4) is 0 Å². The first-order valence-electron chi connectivity index (χ1n) is 7.46. The molecule has 1 aromatic heterocycles. The molecular weight excluding hydrogens is 369 g/mol. The van der Waals surface area contributed by atoms with Gasteiger partial charge in [0.25, 0.3) is 10.0 Å². The molecular formula is C16H19Cl2N3O2S. The molecule has 2 N–H and O–H groups in total. The summed E-state index contributed by atoms with van der Waals surface area (Å²) in [7, 11) is -3.77. The molecule has 5 nitrogen and oxygen atoms in total. The van der Waals surface area contributed by atoms with Crippen LogP contribution in [0.4, 0.5) is 11.5 Å². The summed E-state index contributed by atoms with van der Waals surface area (Å²) in [4.78, 5) is 4.14. The Hall–Kier alpha value is -1.50. The zero-order chi connectivity index (χ0) is 17.7. The van der Waals surface area contributed by atoms with Gasteiger partial charge in [0, 0.05) is 6.54 Å². The molecule has 0 bridgehead atoms. The number of halogens is 2. The molecule has 24 heavy (non-hydrogen) atoms. The molecule has 2 aromatic rings. The number of nitrogens with one attached hydrogen (secondary N) is 2. The third kappa shape index (κ3) is 5.26. The topological polar surface area (TPSA) is 71.1 Å². The maximum atomic E-state index is 12.3. The lowest BCUT2D eigenvalue weighted by atomic mass is 10.1. The van der Waals surface area contributed by atoms with Crippen molar-refractivity contribution in [3.63, 3.8) is 0 Å². The standard InChI is InChI=1S/C16H19Cl2N3O2S/c1-11(2)7-8-19-12-3-6-16(20-10-12)21-24(22,23)13-4-5-14(17)15(18)9-13/h3-6,9-11,19H,7-8H2,1-2H3,(H,20,21). The zero-order valence-electron chi connectivity index (χ0n) is 13.4. The zero-order valence-corrected chi connectivity index (χ0v) is 15.7. The van der Waals surface area contributed by atoms with Crippen LogP contribution < -0.4 is 10.0 Å². The molecule has 130 valence electrons. The number of hydrogen-bond donors (Lipinski definition) is 2. The van der Waals surface area contributed by atoms with E-state index in [4.69, 9.17) is 23.2 Å². The fourth-order valence-corrected chi connectivity index (χ4v) is 3.30. The minimum absolute atomic E-state index is 0.0258. The third-order valence-electron chi connectivity index (χ3n) is 3.25. The van der Waals surface area contributed by atoms with E-state index in [1.54, 1.807) is 18.3 Å². The number of rotatable bonds is 7. The molecule has 0 fully saturated rings. The molecule has 0 aliphatic heterocycles. The van der Waals surface area contributed by atoms with Crippen molar-refractivity contribution in [3.8, 4) is 0 Å². The number of sulfonamides is 1. The van der Waals surface area contributed by atoms with Crippen LogP contribution in [0, 0.1) is 5.92 Å². The third-order valence-corrected chi connectivity index (χ3v) is 5.35. The molecule has 1 aromatic carbocycles. The van der Waals surface area contributed by atoms with Crippen molar-refractivity contribution >= 4 is 44.7 Å². The molecule has 0 amide bonds. The molecule has 0 saturated carbocycles. The largest absolute Gasteiger partial charge is 0.384 e. The Balaban J connectivity index is 2.05. The summed E-state index contributed by atoms with van der Waals surface area (Å²) >= 11 is 11.7. The summed E-state index contributed by atoms with van der Waals surface area (Å²) in [6.07, 6.45) is 2.64. The second-order valence-corrected chi connectivity index (χ2v) is 8.22. The molecule has 0 aliphatic carbocycles. The fourth-order valence-electron chi connectivity index (χ4n) is 1.90. The van der Waals surface area contributed by atoms with E-state index in [1.807, 2.05) is 0 Å². The van der Waals surface area contributed by atoms with Crippen LogP contribution in [0.25, 0.3) is 0 Å². The van der Waals surface area contributed by atoms with Gasteiger partial charge in [0.2, 0.25) is 0 Å². The molecule has 0 atom stereocenters. The van der Waals surface area contributed by atoms with E-state index in [1.165, 1.54) is 18.2 Å². The summed E-state index contributed by atoms with van der Waals surface area (Å²) in [6.45, 7) is 5.15. The van der Waals surface area contributed by atoms with E-state index in [0.717, 1.165) is 18.7 Å². The second-order valence-electron chi connectivity index (χ2n) is 5.72. The number of hydrogen-bond acceptors (Lipinski definition) is 4. The Morgan fingerprint density at radius 2 is 1.88 bits per heavy atom. The van der Waals surface area contributed by atoms with Gasteiger partial charge in [-0.3, -0.25) is 4.72 Å². The van der Waals surface area contributed by atoms with Crippen molar-refractivity contribution in [2.45, 2.75) is 25.2 Å². The van der Waals surface area contributed by atoms with Gasteiger partial charge in [0.1, 0.15) is 5.82 Å². The Bertz CT molecular complexity index is 793. The predicted octanol–water partition coefficient (Wildman–Crippen LogP) is 4.65. The maximum Gasteiger partial charge on any atom is 0.263 e. The fraction of sp³-hybridized carbons (Fsp3) is 0.312. The van der Waals surface area contributed by atoms with Gasteiger partial charge in [-0.2, -0.15) is 0 Å². The first-order valence-corrected chi connectivity index (χ1v) is 9.69. The van der Waals surface area contributed by atoms with E-state index < -0.39 is 10.0 Å². The number of benzene rings is 1. The van der Waals surface area contributed by atoms with Crippen LogP contribution in [0.2, 0.25) is 10.0 Å². The van der Waals surface area contributed by atoms with Crippen LogP contribution in [-0.4, -0.2) is 19.9 Å². The maximum absolute atomic E-state index is 12.3. The summed E-state index contributed by atoms with van der Waals surface area (Å²) in [5, 5.41) is 3.71. The van der Waals surface area contributed by atoms with E-state index in [-0.39, 0.29) is 15.7 Å². The molecule has 0 spiro atoms. The van der Waals surface area contributed by atoms with Crippen molar-refractivity contribution in [3.05, 3.63) is 46.6 Å². The minimum atomic E-state index is -3.77. The SMILES string of the molecule is CC(C)CCNc1ccc(NS(=O)(=O)c2ccc(Cl)c(Cl)c2)nc1. The Kier molecular flexibility index (Phi) is 6.32. The summed E-state index contributed by atoms with van der Waals surface area (Å²) in [5.74, 6) is 0.846. The average molecular weight is 388 g/mol. The van der Waals surface area contributed by atoms with E-state index in [2.05, 4.69) is 28.9 Å². The van der Waals surface area contributed by atoms with Crippen molar-refractivity contribution in [1.29, 1.82) is 0 Å². The van der Waals surface area contributed by atoms with E-state index in [0.29, 0.717) is 10.9 Å². The molecule has 0 aliphatic rings. The highest BCUT2D eigenvalue weighted by Crippen LogP contribution is 2.25. The van der Waals surface area contributed by atoms with Crippen LogP contribution in [0.1, 0.15) is 20.3 Å². The first-order chi connectivity index (χ1) is 11.3. The number of pyridine rings is 1. The minimum Gasteiger partial charge on any atom is -0.384 e. The number of nitrogens with zero attached hydrogens (tertiary/aromatic N) is 1. The molecule has 1 heterocycles. The van der Waals surface area contributed by atoms with Gasteiger partial charge in [0.05, 0.1) is 26.8 Å². The molecule has 0 unspecified atom stereocenters. The smallest absolute Gasteiger partial charge is 0.263 e. The van der Waals surface area contributed by atoms with Gasteiger partial charge < -0.3 is 5.32 Å². The molecule has 8 heteroatoms. The lowest BCUT2D eigenvalue weighted by molar-refractivity contribution is 0.601. The van der Waals surface area contributed by atoms with Crippen molar-refractivity contribution in [2.24, 2.45) is 5.92 Å². The van der Waals surface area contributed by atoms with Crippen molar-refractivity contribution in [2.75, 3.05) is 16.6 Å². The van der Waals surface area contributed by atoms with E-state index >= 15 is 0 Å². The Morgan fingerprint density at radius 3 is 2.46 bits per heavy atom. The van der Waals surface area contributed by atoms with Crippen molar-refractivity contribution in [1.82, 2.24) is 4.98 Å². The number of aromatic nitrogens is 1. The number of anilines is 2. The van der Waals surface area contributed by atoms with Gasteiger partial charge >= 0.3 is 0 Å². The van der Waals surface area contributed by atoms with Crippen molar-refractivity contribution < 1.29 is 8.42 Å². The molecule has 0 radical (unpaired) electrons. The average Bonchev–Trinajstić information content (AvgIpc) is 2.51. The summed E-state index contributed by atoms with van der Waals surface area (Å²) in [5.41, 5.74) is 0.841. The van der Waals surface area contributed by atoms with Gasteiger partial charge in [-0.15, -0.1) is 0 Å². The monoisotopic (exact) mass is 387 g/mol. The van der Waals surface area contributed by atoms with Crippen LogP contribution in [-0.2, 0) is 10.0 Å². The van der Waals surface area contributed by atoms with Gasteiger partial charge in [-0.1, -0.05) is 37.0 Å². The normalized spacial score (nSPS) is 11.5. The quantitative estimate of drug-likeness (QED) is 0.725. The van der Waals surface area contributed by atoms with Gasteiger partial charge in [-0.05, 0) is 42.7 Å². The highest BCUT2D eigenvalue weighted by Gasteiger charge is 2.16. The first kappa shape index (κ1) is 18.8. The van der Waals surface area contributed by atoms with Crippen LogP contribution in [0.15, 0.2) is 41.4 Å². The second kappa shape index (κ2) is 8.05. The van der Waals surface area contributed by atoms with E-state index in [9.17, 15) is 8.42 Å². The van der Waals surface area contributed by atoms with Crippen LogP contribution in [0.5, 0.6) is 0 Å². The van der Waals surface area contributed by atoms with Gasteiger partial charge in [-0.25, -0.2) is 13.4 Å². The molecule has 0 saturated heterocycles. The lowest BCUT2D eigenvalue weighted by Crippen LogP contribution is -2.14.